The van der Waals surface area contributed by atoms with Gasteiger partial charge in [-0.1, -0.05) is 68.7 Å². The summed E-state index contributed by atoms with van der Waals surface area (Å²) in [5.74, 6) is -4.08. The van der Waals surface area contributed by atoms with Crippen molar-refractivity contribution in [3.05, 3.63) is 0 Å². The van der Waals surface area contributed by atoms with Crippen molar-refractivity contribution >= 4 is 0 Å². The zero-order valence-electron chi connectivity index (χ0n) is 87.5. The molecule has 1 aliphatic carbocycles. The summed E-state index contributed by atoms with van der Waals surface area (Å²) in [5, 5.41) is 0. The summed E-state index contributed by atoms with van der Waals surface area (Å²) in [7, 11) is 0. The summed E-state index contributed by atoms with van der Waals surface area (Å²) in [4.78, 5) is 96.5. The molecule has 0 aromatic carbocycles. The summed E-state index contributed by atoms with van der Waals surface area (Å²) in [6.45, 7) is 96.4. The van der Waals surface area contributed by atoms with Crippen LogP contribution in [0, 0.1) is 23.2 Å². The van der Waals surface area contributed by atoms with Crippen LogP contribution in [0.2, 0.25) is 0 Å². The highest BCUT2D eigenvalue weighted by atomic mass is 17.3. The lowest BCUT2D eigenvalue weighted by Crippen LogP contribution is -2.46. The quantitative estimate of drug-likeness (QED) is 0.224. The van der Waals surface area contributed by atoms with Gasteiger partial charge in [-0.3, -0.25) is 0 Å². The first kappa shape index (κ1) is 118. The molecule has 27 heteroatoms. The first-order valence-electron chi connectivity index (χ1n) is 46.4. The van der Waals surface area contributed by atoms with Crippen molar-refractivity contribution in [2.45, 2.75) is 599 Å². The minimum atomic E-state index is -0.694. The largest absolute Gasteiger partial charge is 0.345 e. The predicted molar refractivity (Wildman–Crippen MR) is 476 cm³/mol. The maximum Gasteiger partial charge on any atom is 0.203 e. The van der Waals surface area contributed by atoms with Crippen molar-refractivity contribution in [3.63, 3.8) is 0 Å². The van der Waals surface area contributed by atoms with Crippen molar-refractivity contribution in [1.29, 1.82) is 0 Å². The number of hydrogen-bond donors (Lipinski definition) is 0. The molecule has 9 heterocycles. The van der Waals surface area contributed by atoms with Crippen LogP contribution in [-0.2, 0) is 131 Å². The van der Waals surface area contributed by atoms with E-state index in [-0.39, 0.29) is 117 Å². The van der Waals surface area contributed by atoms with Crippen molar-refractivity contribution in [2.75, 3.05) is 0 Å². The monoisotopic (exact) mass is 1780 g/mol. The second-order valence-corrected chi connectivity index (χ2v) is 46.8. The van der Waals surface area contributed by atoms with E-state index in [0.717, 1.165) is 89.9 Å². The molecule has 9 aliphatic heterocycles. The first-order valence-corrected chi connectivity index (χ1v) is 46.4. The molecule has 0 bridgehead atoms. The van der Waals surface area contributed by atoms with E-state index in [4.69, 9.17) is 131 Å². The molecule has 123 heavy (non-hydrogen) atoms. The molecule has 10 fully saturated rings. The predicted octanol–water partition coefficient (Wildman–Crippen LogP) is 25.4. The van der Waals surface area contributed by atoms with E-state index in [9.17, 15) is 0 Å². The van der Waals surface area contributed by atoms with Crippen LogP contribution < -0.4 is 0 Å². The van der Waals surface area contributed by atoms with Gasteiger partial charge in [-0.05, 0) is 301 Å². The van der Waals surface area contributed by atoms with Crippen LogP contribution in [0.25, 0.3) is 0 Å². The van der Waals surface area contributed by atoms with Gasteiger partial charge in [0.05, 0.1) is 54.9 Å². The van der Waals surface area contributed by atoms with Gasteiger partial charge < -0.3 is 42.6 Å². The van der Waals surface area contributed by atoms with Gasteiger partial charge in [-0.2, -0.15) is 0 Å². The van der Waals surface area contributed by atoms with Crippen LogP contribution in [-0.4, -0.2) is 157 Å². The lowest BCUT2D eigenvalue weighted by Gasteiger charge is -2.39. The second-order valence-electron chi connectivity index (χ2n) is 46.8. The van der Waals surface area contributed by atoms with Gasteiger partial charge in [0.2, 0.25) is 17.4 Å². The topological polar surface area (TPSA) is 249 Å². The Hall–Kier alpha value is -1.08. The van der Waals surface area contributed by atoms with E-state index in [1.54, 1.807) is 0 Å². The van der Waals surface area contributed by atoms with E-state index in [0.29, 0.717) is 11.8 Å². The van der Waals surface area contributed by atoms with Crippen LogP contribution in [0.15, 0.2) is 0 Å². The average Bonchev–Trinajstić information content (AvgIpc) is 1.75. The highest BCUT2D eigenvalue weighted by Crippen LogP contribution is 2.44. The lowest BCUT2D eigenvalue weighted by molar-refractivity contribution is -0.463. The van der Waals surface area contributed by atoms with Crippen molar-refractivity contribution in [1.82, 2.24) is 0 Å². The Labute approximate surface area is 749 Å². The zero-order valence-corrected chi connectivity index (χ0v) is 87.5. The molecule has 0 aromatic rings. The van der Waals surface area contributed by atoms with E-state index in [2.05, 4.69) is 111 Å². The van der Waals surface area contributed by atoms with Crippen molar-refractivity contribution < 1.29 is 131 Å². The molecular formula is C96H190O27. The number of rotatable bonds is 6. The van der Waals surface area contributed by atoms with Gasteiger partial charge in [0, 0.05) is 94.8 Å². The molecule has 0 amide bonds. The molecule has 0 radical (unpaired) electrons. The molecule has 1 spiro atoms. The van der Waals surface area contributed by atoms with Crippen LogP contribution in [0.1, 0.15) is 441 Å². The minimum absolute atomic E-state index is 0.123. The zero-order chi connectivity index (χ0) is 95.5. The third-order valence-corrected chi connectivity index (χ3v) is 21.1. The van der Waals surface area contributed by atoms with Crippen LogP contribution >= 0.6 is 0 Å². The van der Waals surface area contributed by atoms with E-state index in [1.165, 1.54) is 19.3 Å². The Kier molecular flexibility index (Phi) is 44.8. The fourth-order valence-electron chi connectivity index (χ4n) is 16.2. The molecule has 10 rings (SSSR count). The smallest absolute Gasteiger partial charge is 0.203 e. The number of hydrogen-bond acceptors (Lipinski definition) is 27. The Morgan fingerprint density at radius 2 is 0.488 bits per heavy atom. The Morgan fingerprint density at radius 3 is 0.780 bits per heavy atom. The Balaban J connectivity index is 0.000000470. The molecule has 13 unspecified atom stereocenters. The highest BCUT2D eigenvalue weighted by molar-refractivity contribution is 4.87. The van der Waals surface area contributed by atoms with E-state index < -0.39 is 52.1 Å². The van der Waals surface area contributed by atoms with Gasteiger partial charge >= 0.3 is 0 Å². The summed E-state index contributed by atoms with van der Waals surface area (Å²) >= 11 is 0. The SMILES string of the molecule is CC(C)CC1(C)OOC(C)(C)CC(C)O1.CC(C)CCC1(C)OOC(C)(C)CC(C)O1.CC1CC(C)(C)OOC(C)(C(C)(C)C)O1.CC1CC(C)(C)OOC(C)(C(C)C)O1.CC1CC(C)(C)OOC(C)(C)O1.CC1CC(C)(C)OOC(C)(C)O1.CC1CC(C)(C)OOC(C)(C)O1.CC1CC(C)(C)OOC(C)(C)O1.CC1CC(C)(C)OOC2(CCCCC2)O1. The maximum absolute atomic E-state index is 6.03. The molecule has 10 aliphatic rings. The second kappa shape index (κ2) is 46.7. The van der Waals surface area contributed by atoms with Crippen LogP contribution in [0.4, 0.5) is 0 Å². The van der Waals surface area contributed by atoms with Crippen LogP contribution in [0.3, 0.4) is 0 Å². The fraction of sp³-hybridized carbons (Fsp3) is 1.00. The first-order chi connectivity index (χ1) is 55.0. The average molecular weight is 1780 g/mol. The van der Waals surface area contributed by atoms with Gasteiger partial charge in [-0.15, -0.1) is 0 Å². The Bertz CT molecular complexity index is 2740. The summed E-state index contributed by atoms with van der Waals surface area (Å²) in [5.41, 5.74) is -2.49. The van der Waals surface area contributed by atoms with Crippen molar-refractivity contribution in [3.8, 4) is 0 Å². The third kappa shape index (κ3) is 48.4. The van der Waals surface area contributed by atoms with Gasteiger partial charge in [0.25, 0.3) is 0 Å². The van der Waals surface area contributed by atoms with E-state index in [1.807, 2.05) is 222 Å². The maximum atomic E-state index is 6.03. The molecule has 27 nitrogen and oxygen atoms in total. The molecule has 1 saturated carbocycles. The summed E-state index contributed by atoms with van der Waals surface area (Å²) in [6, 6.07) is 0. The molecule has 0 N–H and O–H groups in total. The molecule has 9 saturated heterocycles. The molecular weight excluding hydrogens is 1590 g/mol. The van der Waals surface area contributed by atoms with E-state index >= 15 is 0 Å². The lowest BCUT2D eigenvalue weighted by atomic mass is 9.86. The van der Waals surface area contributed by atoms with Gasteiger partial charge in [0.1, 0.15) is 50.4 Å². The van der Waals surface area contributed by atoms with Gasteiger partial charge in [-0.25, -0.2) is 88.0 Å². The Morgan fingerprint density at radius 1 is 0.244 bits per heavy atom. The minimum Gasteiger partial charge on any atom is -0.345 e. The molecule has 13 atom stereocenters. The van der Waals surface area contributed by atoms with Crippen LogP contribution in [0.5, 0.6) is 0 Å². The highest BCUT2D eigenvalue weighted by Gasteiger charge is 2.50. The number of ether oxygens (including phenoxy) is 9. The molecule has 736 valence electrons. The normalized spacial score (nSPS) is 35.6. The molecule has 0 aromatic heterocycles. The summed E-state index contributed by atoms with van der Waals surface area (Å²) < 4.78 is 52.0. The standard InChI is InChI=1S/C13H26O3.C12H22O3.2C12H24O3.C11H22O3.4C9H18O3/c1-10(2)7-8-13(6)14-11(3)9-12(4,5)15-16-13;1-10-9-11(2,3)14-15-12(13-10)7-5-4-6-8-12;1-9-8-11(5,6)14-15-12(7,13-9)10(2,3)4;1-9(2)7-12(6)13-10(3)8-11(4,5)14-15-12;1-8(2)11(6)12-9(3)7-10(4,5)13-14-11;4*1-7-6-8(2,3)11-12-9(4,5)10-7/h10-11H,7-9H2,1-6H3;10H,4-9H2,1-3H3;9H,8H2,1-7H3;9-10H,7-8H2,1-6H3;8-9H,7H2,1-6H3;4*7H,6H2,1-5H3. The van der Waals surface area contributed by atoms with Crippen molar-refractivity contribution in [2.24, 2.45) is 23.2 Å². The summed E-state index contributed by atoms with van der Waals surface area (Å²) in [6.07, 6.45) is 17.5. The van der Waals surface area contributed by atoms with Gasteiger partial charge in [0.15, 0.2) is 34.7 Å². The fourth-order valence-corrected chi connectivity index (χ4v) is 16.2. The third-order valence-electron chi connectivity index (χ3n) is 21.1.